The van der Waals surface area contributed by atoms with Crippen LogP contribution in [0.5, 0.6) is 0 Å². The van der Waals surface area contributed by atoms with Crippen molar-refractivity contribution in [1.82, 2.24) is 0 Å². The molecule has 8 atom stereocenters. The van der Waals surface area contributed by atoms with Crippen LogP contribution in [0.3, 0.4) is 0 Å². The number of fused-ring (bicyclic) bond motifs is 3. The predicted octanol–water partition coefficient (Wildman–Crippen LogP) is 5.41. The maximum Gasteiger partial charge on any atom is 0.331 e. The van der Waals surface area contributed by atoms with Crippen LogP contribution in [-0.4, -0.2) is 44.7 Å². The molecule has 0 bridgehead atoms. The second-order valence-corrected chi connectivity index (χ2v) is 13.1. The zero-order valence-corrected chi connectivity index (χ0v) is 22.5. The van der Waals surface area contributed by atoms with Gasteiger partial charge in [0.25, 0.3) is 0 Å². The van der Waals surface area contributed by atoms with E-state index in [0.29, 0.717) is 5.92 Å². The molecule has 35 heavy (non-hydrogen) atoms. The van der Waals surface area contributed by atoms with Crippen molar-refractivity contribution in [1.29, 1.82) is 0 Å². The molecule has 0 aromatic heterocycles. The fourth-order valence-corrected chi connectivity index (χ4v) is 8.56. The molecule has 1 saturated carbocycles. The Morgan fingerprint density at radius 3 is 2.43 bits per heavy atom. The second-order valence-electron chi connectivity index (χ2n) is 13.1. The van der Waals surface area contributed by atoms with Crippen molar-refractivity contribution in [3.8, 4) is 0 Å². The van der Waals surface area contributed by atoms with Gasteiger partial charge in [-0.1, -0.05) is 57.4 Å². The Morgan fingerprint density at radius 2 is 1.77 bits per heavy atom. The average Bonchev–Trinajstić information content (AvgIpc) is 2.94. The molecule has 0 heterocycles. The van der Waals surface area contributed by atoms with Crippen molar-refractivity contribution < 1.29 is 25.2 Å². The Hall–Kier alpha value is -1.43. The second kappa shape index (κ2) is 9.15. The largest absolute Gasteiger partial charge is 0.478 e. The van der Waals surface area contributed by atoms with Gasteiger partial charge in [-0.2, -0.15) is 0 Å². The molecular weight excluding hydrogens is 440 g/mol. The minimum atomic E-state index is -1.19. The van der Waals surface area contributed by atoms with E-state index in [9.17, 15) is 20.1 Å². The van der Waals surface area contributed by atoms with Crippen molar-refractivity contribution in [2.24, 2.45) is 34.0 Å². The van der Waals surface area contributed by atoms with E-state index in [0.717, 1.165) is 51.4 Å². The predicted molar refractivity (Wildman–Crippen MR) is 138 cm³/mol. The van der Waals surface area contributed by atoms with Gasteiger partial charge in [0.05, 0.1) is 18.3 Å². The molecule has 5 nitrogen and oxygen atoms in total. The number of rotatable bonds is 5. The number of aliphatic carboxylic acids is 1. The van der Waals surface area contributed by atoms with Crippen molar-refractivity contribution in [2.75, 3.05) is 0 Å². The molecule has 5 heteroatoms. The molecule has 0 amide bonds. The fraction of sp³-hybridized carbons (Fsp3) is 0.767. The minimum absolute atomic E-state index is 0.00666. The first kappa shape index (κ1) is 26.6. The SMILES string of the molecule is C/C(=C\C(O)C(O)[C@@H](C)[C@H]1CC[C@@]2(C)[C@@H]3CCC4=C(CC[C@H](O)C4(C)C)CC3=CC[C@]12C)C(=O)O. The van der Waals surface area contributed by atoms with Crippen LogP contribution >= 0.6 is 0 Å². The third-order valence-corrected chi connectivity index (χ3v) is 11.2. The first-order chi connectivity index (χ1) is 16.2. The van der Waals surface area contributed by atoms with Gasteiger partial charge in [0, 0.05) is 11.0 Å². The molecule has 4 rings (SSSR count). The highest BCUT2D eigenvalue weighted by atomic mass is 16.4. The van der Waals surface area contributed by atoms with E-state index in [-0.39, 0.29) is 39.8 Å². The summed E-state index contributed by atoms with van der Waals surface area (Å²) in [5.41, 5.74) is 4.65. The van der Waals surface area contributed by atoms with E-state index in [1.54, 1.807) is 11.1 Å². The highest BCUT2D eigenvalue weighted by Gasteiger charge is 2.61. The summed E-state index contributed by atoms with van der Waals surface area (Å²) in [5.74, 6) is -0.476. The van der Waals surface area contributed by atoms with Gasteiger partial charge in [0.15, 0.2) is 0 Å². The van der Waals surface area contributed by atoms with Gasteiger partial charge in [0.2, 0.25) is 0 Å². The van der Waals surface area contributed by atoms with Crippen molar-refractivity contribution in [3.05, 3.63) is 34.4 Å². The van der Waals surface area contributed by atoms with Gasteiger partial charge >= 0.3 is 5.97 Å². The lowest BCUT2D eigenvalue weighted by atomic mass is 9.50. The van der Waals surface area contributed by atoms with Crippen LogP contribution in [0.2, 0.25) is 0 Å². The van der Waals surface area contributed by atoms with E-state index >= 15 is 0 Å². The molecule has 0 saturated heterocycles. The summed E-state index contributed by atoms with van der Waals surface area (Å²) in [4.78, 5) is 11.2. The van der Waals surface area contributed by atoms with Crippen LogP contribution < -0.4 is 0 Å². The standard InChI is InChI=1S/C30H46O5/c1-17(27(34)35)15-24(31)26(33)18(2)21-12-14-30(6)23-9-8-22-19(7-10-25(32)28(22,3)4)16-20(23)11-13-29(21,30)5/h11,15,18,21,23-26,31-33H,7-10,12-14,16H2,1-6H3,(H,34,35)/b17-15+/t18-,21+,23+,24?,25-,26?,29+,30-/m0/s1. The zero-order valence-electron chi connectivity index (χ0n) is 22.5. The number of hydrogen-bond donors (Lipinski definition) is 4. The van der Waals surface area contributed by atoms with Crippen molar-refractivity contribution >= 4 is 5.97 Å². The van der Waals surface area contributed by atoms with E-state index < -0.39 is 18.2 Å². The van der Waals surface area contributed by atoms with Gasteiger partial charge in [-0.05, 0) is 93.0 Å². The number of carboxylic acids is 1. The number of allylic oxidation sites excluding steroid dienone is 3. The van der Waals surface area contributed by atoms with E-state index in [1.165, 1.54) is 18.6 Å². The molecule has 0 radical (unpaired) electrons. The highest BCUT2D eigenvalue weighted by molar-refractivity contribution is 5.85. The molecule has 196 valence electrons. The maximum atomic E-state index is 11.2. The number of aliphatic hydroxyl groups excluding tert-OH is 3. The van der Waals surface area contributed by atoms with Crippen molar-refractivity contribution in [2.45, 2.75) is 111 Å². The lowest BCUT2D eigenvalue weighted by molar-refractivity contribution is -0.132. The minimum Gasteiger partial charge on any atom is -0.478 e. The summed E-state index contributed by atoms with van der Waals surface area (Å²) in [6, 6.07) is 0. The van der Waals surface area contributed by atoms with E-state index in [2.05, 4.69) is 33.8 Å². The van der Waals surface area contributed by atoms with Gasteiger partial charge in [-0.3, -0.25) is 0 Å². The number of carbonyl (C=O) groups is 1. The lowest BCUT2D eigenvalue weighted by Gasteiger charge is -2.54. The molecular formula is C30H46O5. The molecule has 0 spiro atoms. The van der Waals surface area contributed by atoms with Gasteiger partial charge < -0.3 is 20.4 Å². The molecule has 0 aromatic rings. The summed E-state index contributed by atoms with van der Waals surface area (Å²) >= 11 is 0. The summed E-state index contributed by atoms with van der Waals surface area (Å²) < 4.78 is 0. The normalized spacial score (nSPS) is 39.5. The Morgan fingerprint density at radius 1 is 1.09 bits per heavy atom. The van der Waals surface area contributed by atoms with E-state index in [4.69, 9.17) is 5.11 Å². The van der Waals surface area contributed by atoms with Crippen LogP contribution in [0, 0.1) is 34.0 Å². The summed E-state index contributed by atoms with van der Waals surface area (Å²) in [6.07, 6.45) is 9.47. The molecule has 0 aromatic carbocycles. The number of carboxylic acid groups (broad SMARTS) is 1. The van der Waals surface area contributed by atoms with Crippen molar-refractivity contribution in [3.63, 3.8) is 0 Å². The van der Waals surface area contributed by atoms with Crippen LogP contribution in [0.1, 0.15) is 92.9 Å². The third-order valence-electron chi connectivity index (χ3n) is 11.2. The van der Waals surface area contributed by atoms with Crippen LogP contribution in [0.4, 0.5) is 0 Å². The van der Waals surface area contributed by atoms with Crippen LogP contribution in [0.15, 0.2) is 34.4 Å². The Bertz CT molecular complexity index is 958. The molecule has 1 fully saturated rings. The maximum absolute atomic E-state index is 11.2. The fourth-order valence-electron chi connectivity index (χ4n) is 8.56. The quantitative estimate of drug-likeness (QED) is 0.308. The van der Waals surface area contributed by atoms with Gasteiger partial charge in [-0.25, -0.2) is 4.79 Å². The number of hydrogen-bond acceptors (Lipinski definition) is 4. The first-order valence-electron chi connectivity index (χ1n) is 13.6. The Kier molecular flexibility index (Phi) is 6.96. The van der Waals surface area contributed by atoms with Crippen LogP contribution in [0.25, 0.3) is 0 Å². The van der Waals surface area contributed by atoms with Gasteiger partial charge in [0.1, 0.15) is 0 Å². The van der Waals surface area contributed by atoms with Gasteiger partial charge in [-0.15, -0.1) is 0 Å². The molecule has 4 aliphatic rings. The molecule has 4 aliphatic carbocycles. The lowest BCUT2D eigenvalue weighted by Crippen LogP contribution is -2.48. The average molecular weight is 487 g/mol. The topological polar surface area (TPSA) is 98.0 Å². The molecule has 4 N–H and O–H groups in total. The zero-order chi connectivity index (χ0) is 25.9. The number of aliphatic hydroxyl groups is 3. The highest BCUT2D eigenvalue weighted by Crippen LogP contribution is 2.69. The molecule has 2 unspecified atom stereocenters. The Labute approximate surface area is 211 Å². The Balaban J connectivity index is 1.59. The van der Waals surface area contributed by atoms with E-state index in [1.807, 2.05) is 6.92 Å². The summed E-state index contributed by atoms with van der Waals surface area (Å²) in [5, 5.41) is 41.5. The first-order valence-corrected chi connectivity index (χ1v) is 13.6. The molecule has 0 aliphatic heterocycles. The summed E-state index contributed by atoms with van der Waals surface area (Å²) in [6.45, 7) is 12.7. The smallest absolute Gasteiger partial charge is 0.331 e. The summed E-state index contributed by atoms with van der Waals surface area (Å²) in [7, 11) is 0. The third kappa shape index (κ3) is 4.16. The monoisotopic (exact) mass is 486 g/mol. The van der Waals surface area contributed by atoms with Crippen LogP contribution in [-0.2, 0) is 4.79 Å².